The van der Waals surface area contributed by atoms with Crippen LogP contribution in [-0.4, -0.2) is 22.0 Å². The Hall–Kier alpha value is -1.43. The molecule has 0 aliphatic rings. The van der Waals surface area contributed by atoms with Gasteiger partial charge in [0.1, 0.15) is 5.01 Å². The lowest BCUT2D eigenvalue weighted by molar-refractivity contribution is -0.139. The summed E-state index contributed by atoms with van der Waals surface area (Å²) in [5, 5.41) is 14.1. The molecule has 0 saturated heterocycles. The smallest absolute Gasteiger partial charge is 0.303 e. The van der Waals surface area contributed by atoms with Crippen molar-refractivity contribution >= 4 is 23.2 Å². The molecule has 6 heteroatoms. The number of rotatable bonds is 6. The standard InChI is InChI=1S/C11H16N2O3S/c1-11(2,6-10(15)16)5-8(14)13-7-9-12-3-4-17-9/h3-4H,5-7H2,1-2H3,(H,13,14)(H,15,16). The van der Waals surface area contributed by atoms with Gasteiger partial charge in [-0.3, -0.25) is 9.59 Å². The molecule has 2 N–H and O–H groups in total. The Morgan fingerprint density at radius 3 is 2.71 bits per heavy atom. The van der Waals surface area contributed by atoms with Crippen LogP contribution in [0.3, 0.4) is 0 Å². The SMILES string of the molecule is CC(C)(CC(=O)O)CC(=O)NCc1nccs1. The summed E-state index contributed by atoms with van der Waals surface area (Å²) < 4.78 is 0. The van der Waals surface area contributed by atoms with Crippen LogP contribution in [0.25, 0.3) is 0 Å². The minimum Gasteiger partial charge on any atom is -0.481 e. The second-order valence-corrected chi connectivity index (χ2v) is 5.59. The summed E-state index contributed by atoms with van der Waals surface area (Å²) in [6, 6.07) is 0. The van der Waals surface area contributed by atoms with E-state index in [0.717, 1.165) is 5.01 Å². The fourth-order valence-corrected chi connectivity index (χ4v) is 2.04. The summed E-state index contributed by atoms with van der Waals surface area (Å²) in [4.78, 5) is 26.3. The van der Waals surface area contributed by atoms with Gasteiger partial charge in [-0.05, 0) is 5.41 Å². The van der Waals surface area contributed by atoms with Gasteiger partial charge in [0.15, 0.2) is 0 Å². The zero-order valence-electron chi connectivity index (χ0n) is 9.90. The molecule has 0 atom stereocenters. The molecule has 94 valence electrons. The Bertz CT molecular complexity index is 387. The molecule has 0 unspecified atom stereocenters. The number of carbonyl (C=O) groups excluding carboxylic acids is 1. The number of carbonyl (C=O) groups is 2. The first-order valence-corrected chi connectivity index (χ1v) is 6.14. The van der Waals surface area contributed by atoms with Crippen LogP contribution in [0.2, 0.25) is 0 Å². The van der Waals surface area contributed by atoms with E-state index in [4.69, 9.17) is 5.11 Å². The fraction of sp³-hybridized carbons (Fsp3) is 0.545. The predicted octanol–water partition coefficient (Wildman–Crippen LogP) is 1.65. The van der Waals surface area contributed by atoms with Gasteiger partial charge in [-0.1, -0.05) is 13.8 Å². The molecule has 0 fully saturated rings. The number of hydrogen-bond acceptors (Lipinski definition) is 4. The molecule has 1 aromatic rings. The van der Waals surface area contributed by atoms with Crippen LogP contribution in [0.4, 0.5) is 0 Å². The van der Waals surface area contributed by atoms with Crippen LogP contribution in [0.5, 0.6) is 0 Å². The maximum Gasteiger partial charge on any atom is 0.303 e. The Balaban J connectivity index is 2.36. The van der Waals surface area contributed by atoms with E-state index in [9.17, 15) is 9.59 Å². The van der Waals surface area contributed by atoms with Crippen molar-refractivity contribution in [2.24, 2.45) is 5.41 Å². The molecule has 0 aliphatic heterocycles. The molecule has 0 radical (unpaired) electrons. The lowest BCUT2D eigenvalue weighted by atomic mass is 9.85. The molecule has 0 saturated carbocycles. The Morgan fingerprint density at radius 2 is 2.18 bits per heavy atom. The van der Waals surface area contributed by atoms with Crippen molar-refractivity contribution in [3.63, 3.8) is 0 Å². The van der Waals surface area contributed by atoms with E-state index in [0.29, 0.717) is 6.54 Å². The first kappa shape index (κ1) is 13.6. The monoisotopic (exact) mass is 256 g/mol. The third-order valence-corrected chi connectivity index (χ3v) is 2.97. The highest BCUT2D eigenvalue weighted by molar-refractivity contribution is 7.09. The topological polar surface area (TPSA) is 79.3 Å². The molecular formula is C11H16N2O3S. The number of thiazole rings is 1. The van der Waals surface area contributed by atoms with Gasteiger partial charge in [0.05, 0.1) is 13.0 Å². The molecule has 1 rings (SSSR count). The summed E-state index contributed by atoms with van der Waals surface area (Å²) in [6.45, 7) is 3.94. The van der Waals surface area contributed by atoms with Gasteiger partial charge in [-0.2, -0.15) is 0 Å². The van der Waals surface area contributed by atoms with E-state index in [2.05, 4.69) is 10.3 Å². The highest BCUT2D eigenvalue weighted by Gasteiger charge is 2.25. The van der Waals surface area contributed by atoms with Crippen LogP contribution < -0.4 is 5.32 Å². The highest BCUT2D eigenvalue weighted by Crippen LogP contribution is 2.24. The lowest BCUT2D eigenvalue weighted by Crippen LogP contribution is -2.29. The quantitative estimate of drug-likeness (QED) is 0.811. The molecule has 0 aromatic carbocycles. The Morgan fingerprint density at radius 1 is 1.47 bits per heavy atom. The van der Waals surface area contributed by atoms with Crippen molar-refractivity contribution in [3.8, 4) is 0 Å². The highest BCUT2D eigenvalue weighted by atomic mass is 32.1. The third-order valence-electron chi connectivity index (χ3n) is 2.19. The number of carboxylic acids is 1. The molecule has 0 spiro atoms. The second-order valence-electron chi connectivity index (χ2n) is 4.61. The fourth-order valence-electron chi connectivity index (χ4n) is 1.48. The van der Waals surface area contributed by atoms with Gasteiger partial charge in [-0.15, -0.1) is 11.3 Å². The van der Waals surface area contributed by atoms with E-state index in [1.54, 1.807) is 20.0 Å². The molecular weight excluding hydrogens is 240 g/mol. The molecule has 1 amide bonds. The van der Waals surface area contributed by atoms with Gasteiger partial charge in [0.25, 0.3) is 0 Å². The molecule has 1 aromatic heterocycles. The van der Waals surface area contributed by atoms with Crippen molar-refractivity contribution in [1.82, 2.24) is 10.3 Å². The summed E-state index contributed by atoms with van der Waals surface area (Å²) in [7, 11) is 0. The minimum atomic E-state index is -0.886. The number of aromatic nitrogens is 1. The van der Waals surface area contributed by atoms with Gasteiger partial charge in [0, 0.05) is 18.0 Å². The van der Waals surface area contributed by atoms with E-state index in [1.807, 2.05) is 5.38 Å². The summed E-state index contributed by atoms with van der Waals surface area (Å²) in [5.74, 6) is -1.03. The maximum absolute atomic E-state index is 11.6. The van der Waals surface area contributed by atoms with Gasteiger partial charge < -0.3 is 10.4 Å². The van der Waals surface area contributed by atoms with Crippen molar-refractivity contribution in [2.75, 3.05) is 0 Å². The number of nitrogens with zero attached hydrogens (tertiary/aromatic N) is 1. The van der Waals surface area contributed by atoms with Gasteiger partial charge in [0.2, 0.25) is 5.91 Å². The van der Waals surface area contributed by atoms with Crippen LogP contribution in [0.15, 0.2) is 11.6 Å². The van der Waals surface area contributed by atoms with Crippen molar-refractivity contribution in [2.45, 2.75) is 33.2 Å². The molecule has 17 heavy (non-hydrogen) atoms. The van der Waals surface area contributed by atoms with Crippen LogP contribution in [-0.2, 0) is 16.1 Å². The second kappa shape index (κ2) is 5.77. The number of amides is 1. The Kier molecular flexibility index (Phi) is 4.62. The zero-order chi connectivity index (χ0) is 12.9. The van der Waals surface area contributed by atoms with Gasteiger partial charge in [-0.25, -0.2) is 4.98 Å². The van der Waals surface area contributed by atoms with E-state index in [-0.39, 0.29) is 18.7 Å². The minimum absolute atomic E-state index is 0.0162. The number of aliphatic carboxylic acids is 1. The van der Waals surface area contributed by atoms with E-state index >= 15 is 0 Å². The lowest BCUT2D eigenvalue weighted by Gasteiger charge is -2.21. The van der Waals surface area contributed by atoms with E-state index in [1.165, 1.54) is 11.3 Å². The maximum atomic E-state index is 11.6. The van der Waals surface area contributed by atoms with Gasteiger partial charge >= 0.3 is 5.97 Å². The third kappa shape index (κ3) is 5.44. The van der Waals surface area contributed by atoms with E-state index < -0.39 is 11.4 Å². The average Bonchev–Trinajstić information content (AvgIpc) is 2.63. The predicted molar refractivity (Wildman–Crippen MR) is 64.6 cm³/mol. The molecule has 5 nitrogen and oxygen atoms in total. The average molecular weight is 256 g/mol. The first-order valence-electron chi connectivity index (χ1n) is 5.26. The first-order chi connectivity index (χ1) is 7.89. The summed E-state index contributed by atoms with van der Waals surface area (Å²) in [5.41, 5.74) is -0.529. The Labute approximate surface area is 104 Å². The number of carboxylic acid groups (broad SMARTS) is 1. The van der Waals surface area contributed by atoms with Crippen LogP contribution >= 0.6 is 11.3 Å². The van der Waals surface area contributed by atoms with Crippen molar-refractivity contribution in [1.29, 1.82) is 0 Å². The zero-order valence-corrected chi connectivity index (χ0v) is 10.7. The number of hydrogen-bond donors (Lipinski definition) is 2. The van der Waals surface area contributed by atoms with Crippen LogP contribution in [0.1, 0.15) is 31.7 Å². The largest absolute Gasteiger partial charge is 0.481 e. The van der Waals surface area contributed by atoms with Crippen molar-refractivity contribution in [3.05, 3.63) is 16.6 Å². The summed E-state index contributed by atoms with van der Waals surface area (Å²) in [6.07, 6.45) is 1.86. The summed E-state index contributed by atoms with van der Waals surface area (Å²) >= 11 is 1.47. The molecule has 0 bridgehead atoms. The van der Waals surface area contributed by atoms with Crippen molar-refractivity contribution < 1.29 is 14.7 Å². The number of nitrogens with one attached hydrogen (secondary N) is 1. The normalized spacial score (nSPS) is 11.2. The van der Waals surface area contributed by atoms with Crippen LogP contribution in [0, 0.1) is 5.41 Å². The molecule has 0 aliphatic carbocycles. The molecule has 1 heterocycles.